The van der Waals surface area contributed by atoms with Crippen LogP contribution in [0.3, 0.4) is 0 Å². The maximum atomic E-state index is 6.08. The molecule has 0 amide bonds. The Labute approximate surface area is 127 Å². The summed E-state index contributed by atoms with van der Waals surface area (Å²) in [6.45, 7) is 6.53. The minimum absolute atomic E-state index is 0.314. The van der Waals surface area contributed by atoms with E-state index in [1.807, 2.05) is 25.2 Å². The first kappa shape index (κ1) is 15.1. The van der Waals surface area contributed by atoms with E-state index in [0.29, 0.717) is 6.04 Å². The molecule has 0 saturated heterocycles. The van der Waals surface area contributed by atoms with Crippen molar-refractivity contribution in [2.45, 2.75) is 33.2 Å². The van der Waals surface area contributed by atoms with Crippen LogP contribution in [0.15, 0.2) is 36.4 Å². The molecule has 0 bridgehead atoms. The SMILES string of the molecule is CNC(Cc1cccc(Cl)c1)c1c(C)cc(C)cc1C. The lowest BCUT2D eigenvalue weighted by Gasteiger charge is -2.22. The monoisotopic (exact) mass is 287 g/mol. The minimum atomic E-state index is 0.314. The second kappa shape index (κ2) is 6.43. The first-order valence-electron chi connectivity index (χ1n) is 7.00. The minimum Gasteiger partial charge on any atom is -0.313 e. The Balaban J connectivity index is 2.34. The van der Waals surface area contributed by atoms with Crippen molar-refractivity contribution in [3.8, 4) is 0 Å². The lowest BCUT2D eigenvalue weighted by molar-refractivity contribution is 0.585. The van der Waals surface area contributed by atoms with Crippen molar-refractivity contribution in [2.75, 3.05) is 7.05 Å². The number of halogens is 1. The quantitative estimate of drug-likeness (QED) is 0.854. The van der Waals surface area contributed by atoms with Crippen LogP contribution in [0.2, 0.25) is 5.02 Å². The second-order valence-corrected chi connectivity index (χ2v) is 5.92. The van der Waals surface area contributed by atoms with Gasteiger partial charge in [0.1, 0.15) is 0 Å². The number of nitrogens with one attached hydrogen (secondary N) is 1. The van der Waals surface area contributed by atoms with Gasteiger partial charge >= 0.3 is 0 Å². The second-order valence-electron chi connectivity index (χ2n) is 5.49. The van der Waals surface area contributed by atoms with Crippen LogP contribution < -0.4 is 5.32 Å². The van der Waals surface area contributed by atoms with E-state index in [2.05, 4.69) is 44.3 Å². The number of aryl methyl sites for hydroxylation is 3. The molecule has 0 spiro atoms. The standard InChI is InChI=1S/C18H22ClN/c1-12-8-13(2)18(14(3)9-12)17(20-4)11-15-6-5-7-16(19)10-15/h5-10,17,20H,11H2,1-4H3. The average molecular weight is 288 g/mol. The summed E-state index contributed by atoms with van der Waals surface area (Å²) < 4.78 is 0. The molecule has 1 unspecified atom stereocenters. The molecule has 0 aliphatic carbocycles. The molecule has 1 nitrogen and oxygen atoms in total. The summed E-state index contributed by atoms with van der Waals surface area (Å²) in [5, 5.41) is 4.24. The fourth-order valence-corrected chi connectivity index (χ4v) is 3.20. The molecule has 0 aliphatic heterocycles. The molecular formula is C18H22ClN. The maximum Gasteiger partial charge on any atom is 0.0408 e. The molecular weight excluding hydrogens is 266 g/mol. The molecule has 1 N–H and O–H groups in total. The van der Waals surface area contributed by atoms with Gasteiger partial charge in [-0.3, -0.25) is 0 Å². The van der Waals surface area contributed by atoms with Gasteiger partial charge in [-0.15, -0.1) is 0 Å². The number of hydrogen-bond donors (Lipinski definition) is 1. The van der Waals surface area contributed by atoms with Gasteiger partial charge in [0.05, 0.1) is 0 Å². The van der Waals surface area contributed by atoms with Crippen LogP contribution in [0.1, 0.15) is 33.9 Å². The molecule has 2 rings (SSSR count). The van der Waals surface area contributed by atoms with Crippen LogP contribution in [0, 0.1) is 20.8 Å². The first-order valence-corrected chi connectivity index (χ1v) is 7.38. The zero-order valence-electron chi connectivity index (χ0n) is 12.6. The van der Waals surface area contributed by atoms with Gasteiger partial charge in [0.2, 0.25) is 0 Å². The topological polar surface area (TPSA) is 12.0 Å². The average Bonchev–Trinajstić information content (AvgIpc) is 2.36. The van der Waals surface area contributed by atoms with Crippen molar-refractivity contribution in [2.24, 2.45) is 0 Å². The highest BCUT2D eigenvalue weighted by molar-refractivity contribution is 6.30. The number of hydrogen-bond acceptors (Lipinski definition) is 1. The number of likely N-dealkylation sites (N-methyl/N-ethyl adjacent to an activating group) is 1. The molecule has 106 valence electrons. The van der Waals surface area contributed by atoms with Gasteiger partial charge in [-0.1, -0.05) is 41.4 Å². The van der Waals surface area contributed by atoms with E-state index in [1.165, 1.54) is 27.8 Å². The van der Waals surface area contributed by atoms with E-state index >= 15 is 0 Å². The summed E-state index contributed by atoms with van der Waals surface area (Å²) in [6.07, 6.45) is 0.946. The largest absolute Gasteiger partial charge is 0.313 e. The highest BCUT2D eigenvalue weighted by atomic mass is 35.5. The highest BCUT2D eigenvalue weighted by Gasteiger charge is 2.15. The Kier molecular flexibility index (Phi) is 4.85. The Bertz CT molecular complexity index is 581. The van der Waals surface area contributed by atoms with Gasteiger partial charge in [0, 0.05) is 11.1 Å². The van der Waals surface area contributed by atoms with Crippen molar-refractivity contribution in [3.05, 3.63) is 69.2 Å². The van der Waals surface area contributed by atoms with Crippen LogP contribution in [-0.2, 0) is 6.42 Å². The Hall–Kier alpha value is -1.31. The molecule has 0 aromatic heterocycles. The summed E-state index contributed by atoms with van der Waals surface area (Å²) in [6, 6.07) is 12.9. The zero-order chi connectivity index (χ0) is 14.7. The van der Waals surface area contributed by atoms with E-state index in [0.717, 1.165) is 11.4 Å². The van der Waals surface area contributed by atoms with Crippen LogP contribution >= 0.6 is 11.6 Å². The normalized spacial score (nSPS) is 12.4. The predicted octanol–water partition coefficient (Wildman–Crippen LogP) is 4.77. The lowest BCUT2D eigenvalue weighted by Crippen LogP contribution is -2.21. The predicted molar refractivity (Wildman–Crippen MR) is 87.6 cm³/mol. The molecule has 0 heterocycles. The van der Waals surface area contributed by atoms with Gasteiger partial charge in [-0.05, 0) is 68.6 Å². The Morgan fingerprint density at radius 1 is 1.05 bits per heavy atom. The molecule has 1 atom stereocenters. The fraction of sp³-hybridized carbons (Fsp3) is 0.333. The van der Waals surface area contributed by atoms with Crippen molar-refractivity contribution >= 4 is 11.6 Å². The Morgan fingerprint density at radius 3 is 2.25 bits per heavy atom. The molecule has 0 fully saturated rings. The van der Waals surface area contributed by atoms with E-state index in [9.17, 15) is 0 Å². The fourth-order valence-electron chi connectivity index (χ4n) is 2.99. The zero-order valence-corrected chi connectivity index (χ0v) is 13.4. The maximum absolute atomic E-state index is 6.08. The van der Waals surface area contributed by atoms with Crippen LogP contribution in [0.5, 0.6) is 0 Å². The van der Waals surface area contributed by atoms with Gasteiger partial charge in [-0.25, -0.2) is 0 Å². The molecule has 0 saturated carbocycles. The molecule has 2 aromatic carbocycles. The highest BCUT2D eigenvalue weighted by Crippen LogP contribution is 2.27. The van der Waals surface area contributed by atoms with E-state index in [-0.39, 0.29) is 0 Å². The third-order valence-electron chi connectivity index (χ3n) is 3.76. The molecule has 2 aromatic rings. The summed E-state index contributed by atoms with van der Waals surface area (Å²) in [7, 11) is 2.02. The molecule has 2 heteroatoms. The van der Waals surface area contributed by atoms with Crippen molar-refractivity contribution in [1.29, 1.82) is 0 Å². The van der Waals surface area contributed by atoms with Gasteiger partial charge in [-0.2, -0.15) is 0 Å². The number of benzene rings is 2. The number of rotatable bonds is 4. The van der Waals surface area contributed by atoms with E-state index in [1.54, 1.807) is 0 Å². The van der Waals surface area contributed by atoms with Crippen molar-refractivity contribution in [1.82, 2.24) is 5.32 Å². The third-order valence-corrected chi connectivity index (χ3v) is 4.00. The van der Waals surface area contributed by atoms with Crippen LogP contribution in [0.25, 0.3) is 0 Å². The third kappa shape index (κ3) is 3.41. The van der Waals surface area contributed by atoms with Crippen LogP contribution in [0.4, 0.5) is 0 Å². The first-order chi connectivity index (χ1) is 9.51. The van der Waals surface area contributed by atoms with Gasteiger partial charge in [0.25, 0.3) is 0 Å². The summed E-state index contributed by atoms with van der Waals surface area (Å²) in [5.74, 6) is 0. The van der Waals surface area contributed by atoms with Gasteiger partial charge in [0.15, 0.2) is 0 Å². The summed E-state index contributed by atoms with van der Waals surface area (Å²) >= 11 is 6.08. The smallest absolute Gasteiger partial charge is 0.0408 e. The van der Waals surface area contributed by atoms with E-state index in [4.69, 9.17) is 11.6 Å². The van der Waals surface area contributed by atoms with E-state index < -0.39 is 0 Å². The van der Waals surface area contributed by atoms with Crippen molar-refractivity contribution in [3.63, 3.8) is 0 Å². The van der Waals surface area contributed by atoms with Crippen LogP contribution in [-0.4, -0.2) is 7.05 Å². The molecule has 0 aliphatic rings. The molecule has 20 heavy (non-hydrogen) atoms. The lowest BCUT2D eigenvalue weighted by atomic mass is 9.90. The molecule has 0 radical (unpaired) electrons. The Morgan fingerprint density at radius 2 is 1.70 bits per heavy atom. The van der Waals surface area contributed by atoms with Gasteiger partial charge < -0.3 is 5.32 Å². The summed E-state index contributed by atoms with van der Waals surface area (Å²) in [5.41, 5.74) is 6.68. The van der Waals surface area contributed by atoms with Crippen molar-refractivity contribution < 1.29 is 0 Å². The summed E-state index contributed by atoms with van der Waals surface area (Å²) in [4.78, 5) is 0.